The van der Waals surface area contributed by atoms with Crippen molar-refractivity contribution in [1.82, 2.24) is 15.0 Å². The number of nitrogens with two attached hydrogens (primary N) is 1. The van der Waals surface area contributed by atoms with Crippen LogP contribution in [0.5, 0.6) is 0 Å². The molecule has 88 valence electrons. The quantitative estimate of drug-likeness (QED) is 0.623. The van der Waals surface area contributed by atoms with E-state index < -0.39 is 4.92 Å². The van der Waals surface area contributed by atoms with Crippen LogP contribution in [0.3, 0.4) is 0 Å². The molecule has 2 N–H and O–H groups in total. The number of nitro benzene ring substituents is 1. The van der Waals surface area contributed by atoms with Gasteiger partial charge in [-0.15, -0.1) is 5.10 Å². The summed E-state index contributed by atoms with van der Waals surface area (Å²) >= 11 is 0. The van der Waals surface area contributed by atoms with E-state index in [4.69, 9.17) is 5.73 Å². The van der Waals surface area contributed by atoms with E-state index in [1.807, 2.05) is 6.92 Å². The molecule has 0 atom stereocenters. The summed E-state index contributed by atoms with van der Waals surface area (Å²) < 4.78 is 1.43. The van der Waals surface area contributed by atoms with Gasteiger partial charge in [-0.1, -0.05) is 5.21 Å². The molecule has 1 heterocycles. The number of hydrogen-bond donors (Lipinski definition) is 1. The standard InChI is InChI=1S/C10H11N5O2/c1-6-3-7(2)9(15(16)17)4-8(6)14-5-10(11)12-13-14/h3-5H,11H2,1-2H3. The molecule has 7 nitrogen and oxygen atoms in total. The van der Waals surface area contributed by atoms with Gasteiger partial charge >= 0.3 is 0 Å². The van der Waals surface area contributed by atoms with E-state index in [2.05, 4.69) is 10.3 Å². The van der Waals surface area contributed by atoms with Crippen LogP contribution < -0.4 is 5.73 Å². The minimum atomic E-state index is -0.418. The normalized spacial score (nSPS) is 10.5. The van der Waals surface area contributed by atoms with E-state index in [-0.39, 0.29) is 11.5 Å². The van der Waals surface area contributed by atoms with Gasteiger partial charge in [-0.2, -0.15) is 0 Å². The molecular weight excluding hydrogens is 222 g/mol. The molecular formula is C10H11N5O2. The third-order valence-electron chi connectivity index (χ3n) is 2.47. The van der Waals surface area contributed by atoms with Crippen molar-refractivity contribution in [3.8, 4) is 5.69 Å². The highest BCUT2D eigenvalue weighted by Crippen LogP contribution is 2.24. The van der Waals surface area contributed by atoms with Crippen molar-refractivity contribution < 1.29 is 4.92 Å². The molecule has 0 saturated carbocycles. The molecule has 1 aromatic carbocycles. The Bertz CT molecular complexity index is 590. The zero-order valence-corrected chi connectivity index (χ0v) is 9.41. The highest BCUT2D eigenvalue weighted by molar-refractivity contribution is 5.53. The number of benzene rings is 1. The first-order valence-corrected chi connectivity index (χ1v) is 4.93. The Balaban J connectivity index is 2.62. The molecule has 0 radical (unpaired) electrons. The average Bonchev–Trinajstić information content (AvgIpc) is 2.64. The molecule has 0 aliphatic carbocycles. The maximum atomic E-state index is 10.9. The molecule has 0 bridgehead atoms. The Kier molecular flexibility index (Phi) is 2.51. The Morgan fingerprint density at radius 3 is 2.59 bits per heavy atom. The van der Waals surface area contributed by atoms with Crippen LogP contribution in [0.1, 0.15) is 11.1 Å². The van der Waals surface area contributed by atoms with Crippen molar-refractivity contribution in [2.24, 2.45) is 0 Å². The lowest BCUT2D eigenvalue weighted by molar-refractivity contribution is -0.385. The summed E-state index contributed by atoms with van der Waals surface area (Å²) in [5, 5.41) is 18.3. The zero-order chi connectivity index (χ0) is 12.6. The number of nitrogen functional groups attached to an aromatic ring is 1. The van der Waals surface area contributed by atoms with Gasteiger partial charge in [0.2, 0.25) is 0 Å². The number of hydrogen-bond acceptors (Lipinski definition) is 5. The van der Waals surface area contributed by atoms with Crippen molar-refractivity contribution >= 4 is 11.5 Å². The Morgan fingerprint density at radius 2 is 2.06 bits per heavy atom. The predicted molar refractivity (Wildman–Crippen MR) is 61.9 cm³/mol. The van der Waals surface area contributed by atoms with Crippen molar-refractivity contribution in [3.63, 3.8) is 0 Å². The summed E-state index contributed by atoms with van der Waals surface area (Å²) in [4.78, 5) is 10.4. The lowest BCUT2D eigenvalue weighted by atomic mass is 10.1. The number of nitrogens with zero attached hydrogens (tertiary/aromatic N) is 4. The Hall–Kier alpha value is -2.44. The average molecular weight is 233 g/mol. The van der Waals surface area contributed by atoms with Gasteiger partial charge in [-0.05, 0) is 25.5 Å². The summed E-state index contributed by atoms with van der Waals surface area (Å²) in [6.07, 6.45) is 1.52. The van der Waals surface area contributed by atoms with E-state index in [1.54, 1.807) is 13.0 Å². The van der Waals surface area contributed by atoms with Crippen LogP contribution >= 0.6 is 0 Å². The van der Waals surface area contributed by atoms with Crippen molar-refractivity contribution in [2.45, 2.75) is 13.8 Å². The third-order valence-corrected chi connectivity index (χ3v) is 2.47. The second-order valence-corrected chi connectivity index (χ2v) is 3.77. The van der Waals surface area contributed by atoms with Gasteiger partial charge < -0.3 is 5.73 Å². The van der Waals surface area contributed by atoms with Crippen LogP contribution in [-0.4, -0.2) is 19.9 Å². The predicted octanol–water partition coefficient (Wildman–Crippen LogP) is 1.37. The molecule has 2 aromatic rings. The number of anilines is 1. The van der Waals surface area contributed by atoms with Gasteiger partial charge in [0.05, 0.1) is 16.8 Å². The zero-order valence-electron chi connectivity index (χ0n) is 9.41. The van der Waals surface area contributed by atoms with Crippen LogP contribution in [-0.2, 0) is 0 Å². The van der Waals surface area contributed by atoms with Gasteiger partial charge in [0.25, 0.3) is 5.69 Å². The van der Waals surface area contributed by atoms with Crippen LogP contribution in [0, 0.1) is 24.0 Å². The minimum absolute atomic E-state index is 0.0553. The molecule has 2 rings (SSSR count). The summed E-state index contributed by atoms with van der Waals surface area (Å²) in [5.41, 5.74) is 7.61. The molecule has 7 heteroatoms. The minimum Gasteiger partial charge on any atom is -0.381 e. The smallest absolute Gasteiger partial charge is 0.274 e. The van der Waals surface area contributed by atoms with Crippen LogP contribution in [0.25, 0.3) is 5.69 Å². The summed E-state index contributed by atoms with van der Waals surface area (Å²) in [6, 6.07) is 3.21. The first-order valence-electron chi connectivity index (χ1n) is 4.93. The van der Waals surface area contributed by atoms with Crippen molar-refractivity contribution in [3.05, 3.63) is 39.6 Å². The molecule has 0 saturated heterocycles. The summed E-state index contributed by atoms with van der Waals surface area (Å²) in [6.45, 7) is 3.55. The largest absolute Gasteiger partial charge is 0.381 e. The maximum Gasteiger partial charge on any atom is 0.274 e. The second-order valence-electron chi connectivity index (χ2n) is 3.77. The van der Waals surface area contributed by atoms with E-state index in [1.165, 1.54) is 16.9 Å². The van der Waals surface area contributed by atoms with Gasteiger partial charge in [0, 0.05) is 11.6 Å². The van der Waals surface area contributed by atoms with E-state index in [0.29, 0.717) is 11.3 Å². The fraction of sp³-hybridized carbons (Fsp3) is 0.200. The first-order chi connectivity index (χ1) is 7.99. The molecule has 0 fully saturated rings. The Labute approximate surface area is 97.0 Å². The second kappa shape index (κ2) is 3.85. The molecule has 17 heavy (non-hydrogen) atoms. The topological polar surface area (TPSA) is 99.9 Å². The van der Waals surface area contributed by atoms with Gasteiger partial charge in [0.15, 0.2) is 5.82 Å². The molecule has 0 unspecified atom stereocenters. The number of aryl methyl sites for hydroxylation is 2. The summed E-state index contributed by atoms with van der Waals surface area (Å²) in [7, 11) is 0. The SMILES string of the molecule is Cc1cc(C)c([N+](=O)[O-])cc1-n1cc(N)nn1. The van der Waals surface area contributed by atoms with Crippen LogP contribution in [0.4, 0.5) is 11.5 Å². The molecule has 0 amide bonds. The molecule has 0 spiro atoms. The summed E-state index contributed by atoms with van der Waals surface area (Å²) in [5.74, 6) is 0.271. The number of nitro groups is 1. The van der Waals surface area contributed by atoms with Gasteiger partial charge in [0.1, 0.15) is 0 Å². The van der Waals surface area contributed by atoms with Crippen LogP contribution in [0.15, 0.2) is 18.3 Å². The number of rotatable bonds is 2. The van der Waals surface area contributed by atoms with Gasteiger partial charge in [-0.25, -0.2) is 4.68 Å². The van der Waals surface area contributed by atoms with E-state index in [9.17, 15) is 10.1 Å². The van der Waals surface area contributed by atoms with Gasteiger partial charge in [-0.3, -0.25) is 10.1 Å². The van der Waals surface area contributed by atoms with E-state index >= 15 is 0 Å². The fourth-order valence-electron chi connectivity index (χ4n) is 1.67. The highest BCUT2D eigenvalue weighted by atomic mass is 16.6. The third kappa shape index (κ3) is 1.94. The fourth-order valence-corrected chi connectivity index (χ4v) is 1.67. The lowest BCUT2D eigenvalue weighted by Gasteiger charge is -2.06. The molecule has 1 aromatic heterocycles. The van der Waals surface area contributed by atoms with Crippen molar-refractivity contribution in [2.75, 3.05) is 5.73 Å². The number of aromatic nitrogens is 3. The first kappa shape index (κ1) is 11.1. The molecule has 0 aliphatic heterocycles. The monoisotopic (exact) mass is 233 g/mol. The lowest BCUT2D eigenvalue weighted by Crippen LogP contribution is -2.01. The van der Waals surface area contributed by atoms with E-state index in [0.717, 1.165) is 5.56 Å². The van der Waals surface area contributed by atoms with Crippen LogP contribution in [0.2, 0.25) is 0 Å². The molecule has 0 aliphatic rings. The Morgan fingerprint density at radius 1 is 1.35 bits per heavy atom. The maximum absolute atomic E-state index is 10.9. The highest BCUT2D eigenvalue weighted by Gasteiger charge is 2.15. The van der Waals surface area contributed by atoms with Crippen molar-refractivity contribution in [1.29, 1.82) is 0 Å².